The van der Waals surface area contributed by atoms with Crippen LogP contribution in [0.4, 0.5) is 5.82 Å². The highest BCUT2D eigenvalue weighted by atomic mass is 16.5. The van der Waals surface area contributed by atoms with Gasteiger partial charge in [-0.3, -0.25) is 0 Å². The molecule has 1 aromatic heterocycles. The van der Waals surface area contributed by atoms with Crippen molar-refractivity contribution in [1.82, 2.24) is 4.98 Å². The molecule has 0 aliphatic rings. The fourth-order valence-electron chi connectivity index (χ4n) is 1.40. The Morgan fingerprint density at radius 3 is 2.73 bits per heavy atom. The number of nitrogen functional groups attached to an aromatic ring is 1. The molecule has 0 fully saturated rings. The zero-order chi connectivity index (χ0) is 11.4. The van der Waals surface area contributed by atoms with Crippen LogP contribution in [0.1, 0.15) is 35.5 Å². The summed E-state index contributed by atoms with van der Waals surface area (Å²) in [5.74, 6) is -0.163. The Balaban J connectivity index is 3.10. The molecule has 0 saturated heterocycles. The molecule has 4 nitrogen and oxygen atoms in total. The number of aryl methyl sites for hydroxylation is 2. The molecule has 0 radical (unpaired) electrons. The van der Waals surface area contributed by atoms with Gasteiger partial charge >= 0.3 is 5.97 Å². The monoisotopic (exact) mass is 208 g/mol. The molecule has 1 rings (SSSR count). The lowest BCUT2D eigenvalue weighted by Crippen LogP contribution is -2.11. The summed E-state index contributed by atoms with van der Waals surface area (Å²) in [5, 5.41) is 0. The van der Waals surface area contributed by atoms with Gasteiger partial charge in [-0.25, -0.2) is 9.78 Å². The van der Waals surface area contributed by atoms with E-state index >= 15 is 0 Å². The molecule has 2 N–H and O–H groups in total. The van der Waals surface area contributed by atoms with Crippen LogP contribution in [0.2, 0.25) is 0 Å². The molecule has 0 aliphatic heterocycles. The molecule has 0 amide bonds. The highest BCUT2D eigenvalue weighted by molar-refractivity contribution is 5.94. The first-order chi connectivity index (χ1) is 7.10. The molecule has 0 aliphatic carbocycles. The van der Waals surface area contributed by atoms with Crippen LogP contribution in [0.5, 0.6) is 0 Å². The van der Waals surface area contributed by atoms with E-state index in [9.17, 15) is 4.79 Å². The van der Waals surface area contributed by atoms with E-state index < -0.39 is 5.97 Å². The first kappa shape index (κ1) is 11.5. The number of carbonyl (C=O) groups is 1. The minimum Gasteiger partial charge on any atom is -0.462 e. The molecule has 1 aromatic rings. The first-order valence-corrected chi connectivity index (χ1v) is 5.03. The second-order valence-electron chi connectivity index (χ2n) is 3.26. The summed E-state index contributed by atoms with van der Waals surface area (Å²) in [6, 6.07) is 1.74. The average molecular weight is 208 g/mol. The topological polar surface area (TPSA) is 65.2 Å². The maximum absolute atomic E-state index is 11.5. The van der Waals surface area contributed by atoms with Crippen molar-refractivity contribution < 1.29 is 9.53 Å². The molecular weight excluding hydrogens is 192 g/mol. The van der Waals surface area contributed by atoms with Gasteiger partial charge in [-0.1, -0.05) is 6.92 Å². The second kappa shape index (κ2) is 4.77. The van der Waals surface area contributed by atoms with E-state index in [4.69, 9.17) is 10.5 Å². The molecule has 4 heteroatoms. The number of hydrogen-bond donors (Lipinski definition) is 1. The number of esters is 1. The molecular formula is C11H16N2O2. The van der Waals surface area contributed by atoms with E-state index in [-0.39, 0.29) is 5.82 Å². The highest BCUT2D eigenvalue weighted by Gasteiger charge is 2.13. The average Bonchev–Trinajstić information content (AvgIpc) is 2.21. The Labute approximate surface area is 89.5 Å². The molecule has 0 spiro atoms. The molecule has 0 atom stereocenters. The zero-order valence-corrected chi connectivity index (χ0v) is 9.33. The number of carbonyl (C=O) groups excluding carboxylic acids is 1. The van der Waals surface area contributed by atoms with E-state index in [1.54, 1.807) is 13.0 Å². The van der Waals surface area contributed by atoms with Gasteiger partial charge in [-0.05, 0) is 31.9 Å². The van der Waals surface area contributed by atoms with Crippen LogP contribution >= 0.6 is 0 Å². The van der Waals surface area contributed by atoms with Crippen molar-refractivity contribution >= 4 is 11.8 Å². The number of hydrogen-bond acceptors (Lipinski definition) is 4. The van der Waals surface area contributed by atoms with E-state index in [1.807, 2.05) is 13.8 Å². The van der Waals surface area contributed by atoms with Crippen LogP contribution in [0.15, 0.2) is 6.07 Å². The zero-order valence-electron chi connectivity index (χ0n) is 9.33. The Hall–Kier alpha value is -1.58. The van der Waals surface area contributed by atoms with Crippen LogP contribution in [-0.4, -0.2) is 17.6 Å². The second-order valence-corrected chi connectivity index (χ2v) is 3.26. The van der Waals surface area contributed by atoms with Gasteiger partial charge in [0.15, 0.2) is 0 Å². The number of ether oxygens (including phenoxy) is 1. The lowest BCUT2D eigenvalue weighted by atomic mass is 10.1. The van der Waals surface area contributed by atoms with E-state index in [0.29, 0.717) is 12.2 Å². The van der Waals surface area contributed by atoms with Crippen LogP contribution in [0.3, 0.4) is 0 Å². The lowest BCUT2D eigenvalue weighted by Gasteiger charge is -2.08. The fraction of sp³-hybridized carbons (Fsp3) is 0.455. The van der Waals surface area contributed by atoms with E-state index in [0.717, 1.165) is 17.7 Å². The molecule has 0 bridgehead atoms. The number of anilines is 1. The SMILES string of the molecule is CCOC(=O)c1cc(C)c(CC)nc1N. The van der Waals surface area contributed by atoms with Gasteiger partial charge in [0.1, 0.15) is 11.4 Å². The Morgan fingerprint density at radius 1 is 1.53 bits per heavy atom. The molecule has 1 heterocycles. The summed E-state index contributed by atoms with van der Waals surface area (Å²) in [5.41, 5.74) is 7.92. The smallest absolute Gasteiger partial charge is 0.341 e. The summed E-state index contributed by atoms with van der Waals surface area (Å²) in [6.45, 7) is 6.01. The van der Waals surface area contributed by atoms with Crippen molar-refractivity contribution in [3.63, 3.8) is 0 Å². The van der Waals surface area contributed by atoms with Crippen LogP contribution in [0.25, 0.3) is 0 Å². The molecule has 0 unspecified atom stereocenters. The van der Waals surface area contributed by atoms with Gasteiger partial charge in [0.2, 0.25) is 0 Å². The lowest BCUT2D eigenvalue weighted by molar-refractivity contribution is 0.0527. The third kappa shape index (κ3) is 2.46. The third-order valence-electron chi connectivity index (χ3n) is 2.18. The van der Waals surface area contributed by atoms with Gasteiger partial charge in [0, 0.05) is 5.69 Å². The maximum atomic E-state index is 11.5. The quantitative estimate of drug-likeness (QED) is 0.768. The van der Waals surface area contributed by atoms with Crippen molar-refractivity contribution in [1.29, 1.82) is 0 Å². The summed E-state index contributed by atoms with van der Waals surface area (Å²) >= 11 is 0. The minimum atomic E-state index is -0.409. The number of aromatic nitrogens is 1. The Kier molecular flexibility index (Phi) is 3.66. The van der Waals surface area contributed by atoms with Crippen LogP contribution < -0.4 is 5.73 Å². The largest absolute Gasteiger partial charge is 0.462 e. The normalized spacial score (nSPS) is 10.1. The van der Waals surface area contributed by atoms with Gasteiger partial charge in [-0.2, -0.15) is 0 Å². The fourth-order valence-corrected chi connectivity index (χ4v) is 1.40. The Morgan fingerprint density at radius 2 is 2.20 bits per heavy atom. The standard InChI is InChI=1S/C11H16N2O2/c1-4-9-7(3)6-8(10(12)13-9)11(14)15-5-2/h6H,4-5H2,1-3H3,(H2,12,13). The van der Waals surface area contributed by atoms with Crippen LogP contribution in [-0.2, 0) is 11.2 Å². The summed E-state index contributed by atoms with van der Waals surface area (Å²) < 4.78 is 4.88. The summed E-state index contributed by atoms with van der Waals surface area (Å²) in [6.07, 6.45) is 0.805. The van der Waals surface area contributed by atoms with E-state index in [2.05, 4.69) is 4.98 Å². The van der Waals surface area contributed by atoms with Crippen molar-refractivity contribution in [2.24, 2.45) is 0 Å². The molecule has 82 valence electrons. The summed E-state index contributed by atoms with van der Waals surface area (Å²) in [7, 11) is 0. The van der Waals surface area contributed by atoms with Crippen molar-refractivity contribution in [2.75, 3.05) is 12.3 Å². The Bertz CT molecular complexity index is 375. The predicted molar refractivity (Wildman–Crippen MR) is 58.7 cm³/mol. The predicted octanol–water partition coefficient (Wildman–Crippen LogP) is 1.71. The van der Waals surface area contributed by atoms with Gasteiger partial charge in [0.05, 0.1) is 6.61 Å². The highest BCUT2D eigenvalue weighted by Crippen LogP contribution is 2.16. The van der Waals surface area contributed by atoms with Crippen molar-refractivity contribution in [3.05, 3.63) is 22.9 Å². The number of pyridine rings is 1. The molecule has 0 aromatic carbocycles. The van der Waals surface area contributed by atoms with Crippen LogP contribution in [0, 0.1) is 6.92 Å². The molecule has 0 saturated carbocycles. The maximum Gasteiger partial charge on any atom is 0.341 e. The van der Waals surface area contributed by atoms with Crippen molar-refractivity contribution in [3.8, 4) is 0 Å². The number of nitrogens with two attached hydrogens (primary N) is 1. The van der Waals surface area contributed by atoms with Crippen molar-refractivity contribution in [2.45, 2.75) is 27.2 Å². The molecule has 15 heavy (non-hydrogen) atoms. The first-order valence-electron chi connectivity index (χ1n) is 5.03. The van der Waals surface area contributed by atoms with Gasteiger partial charge in [-0.15, -0.1) is 0 Å². The van der Waals surface area contributed by atoms with Gasteiger partial charge < -0.3 is 10.5 Å². The summed E-state index contributed by atoms with van der Waals surface area (Å²) in [4.78, 5) is 15.6. The minimum absolute atomic E-state index is 0.246. The third-order valence-corrected chi connectivity index (χ3v) is 2.18. The van der Waals surface area contributed by atoms with E-state index in [1.165, 1.54) is 0 Å². The number of rotatable bonds is 3. The number of nitrogens with zero attached hydrogens (tertiary/aromatic N) is 1. The van der Waals surface area contributed by atoms with Gasteiger partial charge in [0.25, 0.3) is 0 Å².